The van der Waals surface area contributed by atoms with Crippen LogP contribution in [0.15, 0.2) is 24.4 Å². The first kappa shape index (κ1) is 9.93. The Morgan fingerprint density at radius 2 is 2.27 bits per heavy atom. The Morgan fingerprint density at radius 1 is 1.47 bits per heavy atom. The highest BCUT2D eigenvalue weighted by Gasteiger charge is 2.10. The lowest BCUT2D eigenvalue weighted by atomic mass is 10.1. The average Bonchev–Trinajstić information content (AvgIpc) is 2.29. The van der Waals surface area contributed by atoms with Gasteiger partial charge in [0, 0.05) is 6.20 Å². The zero-order valence-electron chi connectivity index (χ0n) is 8.03. The fourth-order valence-corrected chi connectivity index (χ4v) is 1.72. The van der Waals surface area contributed by atoms with Gasteiger partial charge in [0.2, 0.25) is 0 Å². The van der Waals surface area contributed by atoms with Gasteiger partial charge in [-0.1, -0.05) is 17.7 Å². The van der Waals surface area contributed by atoms with Gasteiger partial charge in [-0.15, -0.1) is 0 Å². The van der Waals surface area contributed by atoms with Crippen molar-refractivity contribution in [3.8, 4) is 5.75 Å². The number of fused-ring (bicyclic) bond motifs is 1. The van der Waals surface area contributed by atoms with Crippen LogP contribution in [0, 0.1) is 0 Å². The number of hydrogen-bond donors (Lipinski definition) is 0. The lowest BCUT2D eigenvalue weighted by molar-refractivity contribution is 0.112. The zero-order valence-corrected chi connectivity index (χ0v) is 8.78. The van der Waals surface area contributed by atoms with E-state index in [0.29, 0.717) is 33.5 Å². The molecule has 1 aromatic heterocycles. The predicted molar refractivity (Wildman–Crippen MR) is 58.7 cm³/mol. The predicted octanol–water partition coefficient (Wildman–Crippen LogP) is 2.71. The van der Waals surface area contributed by atoms with Crippen molar-refractivity contribution < 1.29 is 9.53 Å². The molecule has 0 amide bonds. The SMILES string of the molecule is COc1cccc2ncc(C=O)c(Cl)c12. The third-order valence-electron chi connectivity index (χ3n) is 2.17. The summed E-state index contributed by atoms with van der Waals surface area (Å²) in [6, 6.07) is 5.42. The first-order valence-corrected chi connectivity index (χ1v) is 4.72. The summed E-state index contributed by atoms with van der Waals surface area (Å²) in [5.74, 6) is 0.619. The van der Waals surface area contributed by atoms with Crippen molar-refractivity contribution in [2.75, 3.05) is 7.11 Å². The van der Waals surface area contributed by atoms with E-state index in [0.717, 1.165) is 0 Å². The molecule has 1 heterocycles. The summed E-state index contributed by atoms with van der Waals surface area (Å²) >= 11 is 6.07. The summed E-state index contributed by atoms with van der Waals surface area (Å²) in [5, 5.41) is 1.05. The van der Waals surface area contributed by atoms with E-state index >= 15 is 0 Å². The molecule has 3 nitrogen and oxygen atoms in total. The lowest BCUT2D eigenvalue weighted by Gasteiger charge is -2.07. The van der Waals surface area contributed by atoms with E-state index in [1.54, 1.807) is 13.2 Å². The molecule has 0 saturated heterocycles. The summed E-state index contributed by atoms with van der Waals surface area (Å²) in [7, 11) is 1.55. The molecule has 0 aliphatic heterocycles. The van der Waals surface area contributed by atoms with Crippen LogP contribution < -0.4 is 4.74 Å². The van der Waals surface area contributed by atoms with E-state index < -0.39 is 0 Å². The molecule has 1 aromatic carbocycles. The van der Waals surface area contributed by atoms with Gasteiger partial charge in [0.05, 0.1) is 28.6 Å². The molecule has 0 aliphatic rings. The summed E-state index contributed by atoms with van der Waals surface area (Å²) in [4.78, 5) is 14.8. The van der Waals surface area contributed by atoms with E-state index in [4.69, 9.17) is 16.3 Å². The maximum Gasteiger partial charge on any atom is 0.153 e. The van der Waals surface area contributed by atoms with Crippen molar-refractivity contribution in [3.05, 3.63) is 35.0 Å². The molecular formula is C11H8ClNO2. The number of carbonyl (C=O) groups is 1. The Bertz CT molecular complexity index is 525. The van der Waals surface area contributed by atoms with Gasteiger partial charge in [-0.2, -0.15) is 0 Å². The lowest BCUT2D eigenvalue weighted by Crippen LogP contribution is -1.91. The number of halogens is 1. The summed E-state index contributed by atoms with van der Waals surface area (Å²) < 4.78 is 5.17. The highest BCUT2D eigenvalue weighted by atomic mass is 35.5. The molecule has 0 radical (unpaired) electrons. The summed E-state index contributed by atoms with van der Waals surface area (Å²) in [5.41, 5.74) is 1.08. The van der Waals surface area contributed by atoms with E-state index in [1.807, 2.05) is 12.1 Å². The van der Waals surface area contributed by atoms with Gasteiger partial charge in [-0.3, -0.25) is 9.78 Å². The molecule has 0 fully saturated rings. The topological polar surface area (TPSA) is 39.2 Å². The highest BCUT2D eigenvalue weighted by Crippen LogP contribution is 2.32. The maximum absolute atomic E-state index is 10.7. The highest BCUT2D eigenvalue weighted by molar-refractivity contribution is 6.38. The quantitative estimate of drug-likeness (QED) is 0.732. The van der Waals surface area contributed by atoms with Crippen LogP contribution >= 0.6 is 11.6 Å². The Labute approximate surface area is 91.6 Å². The van der Waals surface area contributed by atoms with Crippen LogP contribution in [0.4, 0.5) is 0 Å². The van der Waals surface area contributed by atoms with E-state index in [1.165, 1.54) is 6.20 Å². The molecule has 0 saturated carbocycles. The maximum atomic E-state index is 10.7. The van der Waals surface area contributed by atoms with Crippen molar-refractivity contribution in [1.82, 2.24) is 4.98 Å². The van der Waals surface area contributed by atoms with E-state index in [2.05, 4.69) is 4.98 Å². The van der Waals surface area contributed by atoms with Crippen LogP contribution in [0.5, 0.6) is 5.75 Å². The first-order valence-electron chi connectivity index (χ1n) is 4.34. The molecule has 0 atom stereocenters. The van der Waals surface area contributed by atoms with Crippen molar-refractivity contribution in [2.45, 2.75) is 0 Å². The third kappa shape index (κ3) is 1.55. The smallest absolute Gasteiger partial charge is 0.153 e. The largest absolute Gasteiger partial charge is 0.496 e. The van der Waals surface area contributed by atoms with Crippen LogP contribution in [-0.2, 0) is 0 Å². The van der Waals surface area contributed by atoms with Gasteiger partial charge < -0.3 is 4.74 Å². The van der Waals surface area contributed by atoms with Gasteiger partial charge in [0.1, 0.15) is 5.75 Å². The van der Waals surface area contributed by atoms with Gasteiger partial charge in [0.25, 0.3) is 0 Å². The molecule has 0 aliphatic carbocycles. The second-order valence-corrected chi connectivity index (χ2v) is 3.38. The monoisotopic (exact) mass is 221 g/mol. The van der Waals surface area contributed by atoms with E-state index in [-0.39, 0.29) is 0 Å². The minimum Gasteiger partial charge on any atom is -0.496 e. The molecule has 2 aromatic rings. The normalized spacial score (nSPS) is 10.3. The zero-order chi connectivity index (χ0) is 10.8. The second kappa shape index (κ2) is 3.87. The fourth-order valence-electron chi connectivity index (χ4n) is 1.44. The summed E-state index contributed by atoms with van der Waals surface area (Å²) in [6.45, 7) is 0. The molecule has 76 valence electrons. The number of rotatable bonds is 2. The van der Waals surface area contributed by atoms with Gasteiger partial charge >= 0.3 is 0 Å². The van der Waals surface area contributed by atoms with Crippen LogP contribution in [0.2, 0.25) is 5.02 Å². The fraction of sp³-hybridized carbons (Fsp3) is 0.0909. The number of hydrogen-bond acceptors (Lipinski definition) is 3. The number of aldehydes is 1. The molecule has 0 unspecified atom stereocenters. The Balaban J connectivity index is 2.88. The van der Waals surface area contributed by atoms with Gasteiger partial charge in [-0.05, 0) is 12.1 Å². The Kier molecular flexibility index (Phi) is 2.56. The second-order valence-electron chi connectivity index (χ2n) is 3.00. The first-order chi connectivity index (χ1) is 7.27. The number of aromatic nitrogens is 1. The van der Waals surface area contributed by atoms with Crippen molar-refractivity contribution in [2.24, 2.45) is 0 Å². The number of pyridine rings is 1. The van der Waals surface area contributed by atoms with Crippen LogP contribution in [0.3, 0.4) is 0 Å². The number of ether oxygens (including phenoxy) is 1. The minimum absolute atomic E-state index is 0.369. The van der Waals surface area contributed by atoms with Gasteiger partial charge in [-0.25, -0.2) is 0 Å². The summed E-state index contributed by atoms with van der Waals surface area (Å²) in [6.07, 6.45) is 2.14. The van der Waals surface area contributed by atoms with Crippen molar-refractivity contribution in [3.63, 3.8) is 0 Å². The van der Waals surface area contributed by atoms with Crippen LogP contribution in [-0.4, -0.2) is 18.4 Å². The Hall–Kier alpha value is -1.61. The molecular weight excluding hydrogens is 214 g/mol. The average molecular weight is 222 g/mol. The molecule has 0 N–H and O–H groups in total. The molecule has 15 heavy (non-hydrogen) atoms. The van der Waals surface area contributed by atoms with Crippen molar-refractivity contribution in [1.29, 1.82) is 0 Å². The Morgan fingerprint density at radius 3 is 2.93 bits per heavy atom. The van der Waals surface area contributed by atoms with Gasteiger partial charge in [0.15, 0.2) is 6.29 Å². The number of carbonyl (C=O) groups excluding carboxylic acids is 1. The van der Waals surface area contributed by atoms with Crippen LogP contribution in [0.1, 0.15) is 10.4 Å². The molecule has 2 rings (SSSR count). The standard InChI is InChI=1S/C11H8ClNO2/c1-15-9-4-2-3-8-10(9)11(12)7(6-14)5-13-8/h2-6H,1H3. The van der Waals surface area contributed by atoms with Crippen LogP contribution in [0.25, 0.3) is 10.9 Å². The number of benzene rings is 1. The number of methoxy groups -OCH3 is 1. The minimum atomic E-state index is 0.369. The molecule has 0 bridgehead atoms. The van der Waals surface area contributed by atoms with E-state index in [9.17, 15) is 4.79 Å². The molecule has 0 spiro atoms. The third-order valence-corrected chi connectivity index (χ3v) is 2.57. The van der Waals surface area contributed by atoms with Crippen molar-refractivity contribution >= 4 is 28.8 Å². The number of nitrogens with zero attached hydrogens (tertiary/aromatic N) is 1. The molecule has 4 heteroatoms.